The first-order chi connectivity index (χ1) is 15.8. The maximum Gasteiger partial charge on any atom is 0.338 e. The number of carbonyl (C=O) groups excluding carboxylic acids is 1. The summed E-state index contributed by atoms with van der Waals surface area (Å²) in [6.45, 7) is 5.32. The zero-order chi connectivity index (χ0) is 23.7. The van der Waals surface area contributed by atoms with Crippen molar-refractivity contribution in [3.63, 3.8) is 0 Å². The quantitative estimate of drug-likeness (QED) is 0.502. The van der Waals surface area contributed by atoms with Crippen LogP contribution in [0.1, 0.15) is 37.3 Å². The number of hydrogen-bond acceptors (Lipinski definition) is 8. The summed E-state index contributed by atoms with van der Waals surface area (Å²) in [4.78, 5) is 32.9. The van der Waals surface area contributed by atoms with Crippen LogP contribution in [0, 0.1) is 0 Å². The molecule has 1 aromatic carbocycles. The highest BCUT2D eigenvalue weighted by Crippen LogP contribution is 2.38. The number of ether oxygens (including phenoxy) is 3. The summed E-state index contributed by atoms with van der Waals surface area (Å²) in [5.74, 6) is 0.588. The van der Waals surface area contributed by atoms with Gasteiger partial charge in [-0.2, -0.15) is 0 Å². The van der Waals surface area contributed by atoms with Crippen LogP contribution in [-0.2, 0) is 9.53 Å². The fourth-order valence-electron chi connectivity index (χ4n) is 3.71. The number of carbonyl (C=O) groups is 1. The molecular formula is C24H24N2O5S2. The Bertz CT molecular complexity index is 1400. The minimum Gasteiger partial charge on any atom is -0.497 e. The van der Waals surface area contributed by atoms with Crippen molar-refractivity contribution in [2.24, 2.45) is 4.99 Å². The van der Waals surface area contributed by atoms with Gasteiger partial charge in [0.1, 0.15) is 17.5 Å². The first-order valence-corrected chi connectivity index (χ1v) is 12.0. The van der Waals surface area contributed by atoms with Crippen molar-refractivity contribution in [1.29, 1.82) is 0 Å². The third-order valence-electron chi connectivity index (χ3n) is 5.13. The first kappa shape index (κ1) is 23.0. The maximum absolute atomic E-state index is 13.6. The largest absolute Gasteiger partial charge is 0.497 e. The van der Waals surface area contributed by atoms with Gasteiger partial charge in [-0.05, 0) is 56.5 Å². The number of allylic oxidation sites excluding steroid dienone is 1. The molecule has 3 heterocycles. The second kappa shape index (κ2) is 9.36. The molecule has 0 N–H and O–H groups in total. The van der Waals surface area contributed by atoms with Gasteiger partial charge in [0, 0.05) is 10.4 Å². The van der Waals surface area contributed by atoms with Gasteiger partial charge in [0.25, 0.3) is 5.56 Å². The normalized spacial score (nSPS) is 15.9. The number of fused-ring (bicyclic) bond motifs is 1. The molecule has 1 aliphatic rings. The standard InChI is InChI=1S/C24H24N2O5S2/c1-13(2)31-23(28)20-14(3)25-24-26(22(27)19(33-24)12-16-7-6-10-32-16)21(20)17-11-15(29-4)8-9-18(17)30-5/h6-13,21H,1-5H3/b19-12+/t21-/m1/s1. The molecule has 1 atom stereocenters. The van der Waals surface area contributed by atoms with Crippen LogP contribution < -0.4 is 24.4 Å². The van der Waals surface area contributed by atoms with Gasteiger partial charge in [-0.25, -0.2) is 9.79 Å². The number of benzene rings is 1. The lowest BCUT2D eigenvalue weighted by Crippen LogP contribution is -2.40. The molecule has 0 fully saturated rings. The number of hydrogen-bond donors (Lipinski definition) is 0. The van der Waals surface area contributed by atoms with Gasteiger partial charge in [-0.3, -0.25) is 9.36 Å². The van der Waals surface area contributed by atoms with Gasteiger partial charge in [0.05, 0.1) is 36.1 Å². The molecule has 0 aliphatic carbocycles. The van der Waals surface area contributed by atoms with Crippen LogP contribution in [0.3, 0.4) is 0 Å². The SMILES string of the molecule is COc1ccc(OC)c([C@@H]2C(C(=O)OC(C)C)=C(C)N=c3s/c(=C/c4cccs4)c(=O)n32)c1. The number of esters is 1. The fourth-order valence-corrected chi connectivity index (χ4v) is 5.48. The van der Waals surface area contributed by atoms with Crippen LogP contribution in [-0.4, -0.2) is 30.9 Å². The second-order valence-corrected chi connectivity index (χ2v) is 9.65. The fraction of sp³-hybridized carbons (Fsp3) is 0.292. The van der Waals surface area contributed by atoms with Crippen molar-refractivity contribution in [2.45, 2.75) is 32.9 Å². The van der Waals surface area contributed by atoms with Gasteiger partial charge in [-0.1, -0.05) is 17.4 Å². The Morgan fingerprint density at radius 3 is 2.64 bits per heavy atom. The molecule has 9 heteroatoms. The lowest BCUT2D eigenvalue weighted by molar-refractivity contribution is -0.143. The van der Waals surface area contributed by atoms with Crippen LogP contribution in [0.15, 0.2) is 56.8 Å². The molecule has 3 aromatic rings. The molecule has 1 aliphatic heterocycles. The lowest BCUT2D eigenvalue weighted by Gasteiger charge is -2.26. The predicted octanol–water partition coefficient (Wildman–Crippen LogP) is 3.27. The summed E-state index contributed by atoms with van der Waals surface area (Å²) in [6.07, 6.45) is 1.52. The second-order valence-electron chi connectivity index (χ2n) is 7.66. The Balaban J connectivity index is 2.02. The van der Waals surface area contributed by atoms with Crippen molar-refractivity contribution in [3.05, 3.63) is 77.1 Å². The summed E-state index contributed by atoms with van der Waals surface area (Å²) >= 11 is 2.83. The van der Waals surface area contributed by atoms with E-state index < -0.39 is 12.0 Å². The minimum absolute atomic E-state index is 0.232. The van der Waals surface area contributed by atoms with Crippen molar-refractivity contribution in [2.75, 3.05) is 14.2 Å². The molecule has 0 radical (unpaired) electrons. The van der Waals surface area contributed by atoms with E-state index in [4.69, 9.17) is 14.2 Å². The Kier molecular flexibility index (Phi) is 6.53. The molecule has 0 spiro atoms. The van der Waals surface area contributed by atoms with Crippen LogP contribution >= 0.6 is 22.7 Å². The molecule has 172 valence electrons. The lowest BCUT2D eigenvalue weighted by atomic mass is 9.94. The highest BCUT2D eigenvalue weighted by atomic mass is 32.1. The van der Waals surface area contributed by atoms with E-state index in [1.54, 1.807) is 69.1 Å². The van der Waals surface area contributed by atoms with Gasteiger partial charge in [0.15, 0.2) is 4.80 Å². The predicted molar refractivity (Wildman–Crippen MR) is 129 cm³/mol. The van der Waals surface area contributed by atoms with Crippen molar-refractivity contribution in [3.8, 4) is 11.5 Å². The number of thiophene rings is 1. The number of aromatic nitrogens is 1. The molecule has 0 saturated heterocycles. The Labute approximate surface area is 198 Å². The molecular weight excluding hydrogens is 460 g/mol. The van der Waals surface area contributed by atoms with Gasteiger partial charge in [-0.15, -0.1) is 11.3 Å². The maximum atomic E-state index is 13.6. The highest BCUT2D eigenvalue weighted by molar-refractivity contribution is 7.11. The van der Waals surface area contributed by atoms with Gasteiger partial charge < -0.3 is 14.2 Å². The van der Waals surface area contributed by atoms with Gasteiger partial charge >= 0.3 is 5.97 Å². The van der Waals surface area contributed by atoms with E-state index >= 15 is 0 Å². The number of thiazole rings is 1. The third-order valence-corrected chi connectivity index (χ3v) is 6.93. The smallest absolute Gasteiger partial charge is 0.338 e. The van der Waals surface area contributed by atoms with E-state index in [1.165, 1.54) is 11.3 Å². The first-order valence-electron chi connectivity index (χ1n) is 10.3. The molecule has 0 amide bonds. The average Bonchev–Trinajstić information content (AvgIpc) is 3.40. The topological polar surface area (TPSA) is 79.1 Å². The summed E-state index contributed by atoms with van der Waals surface area (Å²) < 4.78 is 18.7. The number of rotatable bonds is 6. The van der Waals surface area contributed by atoms with Crippen LogP contribution in [0.25, 0.3) is 6.08 Å². The molecule has 4 rings (SSSR count). The molecule has 0 unspecified atom stereocenters. The average molecular weight is 485 g/mol. The van der Waals surface area contributed by atoms with E-state index in [0.717, 1.165) is 4.88 Å². The van der Waals surface area contributed by atoms with Crippen molar-refractivity contribution in [1.82, 2.24) is 4.57 Å². The van der Waals surface area contributed by atoms with E-state index in [9.17, 15) is 9.59 Å². The third kappa shape index (κ3) is 4.38. The highest BCUT2D eigenvalue weighted by Gasteiger charge is 2.35. The van der Waals surface area contributed by atoms with E-state index in [2.05, 4.69) is 4.99 Å². The van der Waals surface area contributed by atoms with E-state index in [-0.39, 0.29) is 11.7 Å². The molecule has 0 saturated carbocycles. The van der Waals surface area contributed by atoms with Crippen molar-refractivity contribution >= 4 is 34.7 Å². The van der Waals surface area contributed by atoms with Crippen molar-refractivity contribution < 1.29 is 19.0 Å². The number of nitrogens with zero attached hydrogens (tertiary/aromatic N) is 2. The summed E-state index contributed by atoms with van der Waals surface area (Å²) in [5.41, 5.74) is 1.18. The summed E-state index contributed by atoms with van der Waals surface area (Å²) in [7, 11) is 3.11. The number of methoxy groups -OCH3 is 2. The zero-order valence-corrected chi connectivity index (χ0v) is 20.6. The Hall–Kier alpha value is -3.17. The monoisotopic (exact) mass is 484 g/mol. The Morgan fingerprint density at radius 1 is 1.21 bits per heavy atom. The zero-order valence-electron chi connectivity index (χ0n) is 18.9. The minimum atomic E-state index is -0.775. The Morgan fingerprint density at radius 2 is 2.00 bits per heavy atom. The molecule has 33 heavy (non-hydrogen) atoms. The van der Waals surface area contributed by atoms with E-state index in [0.29, 0.717) is 37.7 Å². The molecule has 7 nitrogen and oxygen atoms in total. The summed E-state index contributed by atoms with van der Waals surface area (Å²) in [5, 5.41) is 1.96. The van der Waals surface area contributed by atoms with Crippen LogP contribution in [0.2, 0.25) is 0 Å². The van der Waals surface area contributed by atoms with Crippen LogP contribution in [0.5, 0.6) is 11.5 Å². The molecule has 2 aromatic heterocycles. The van der Waals surface area contributed by atoms with Crippen LogP contribution in [0.4, 0.5) is 0 Å². The summed E-state index contributed by atoms with van der Waals surface area (Å²) in [6, 6.07) is 8.41. The molecule has 0 bridgehead atoms. The van der Waals surface area contributed by atoms with E-state index in [1.807, 2.05) is 23.6 Å². The van der Waals surface area contributed by atoms with Gasteiger partial charge in [0.2, 0.25) is 0 Å².